The van der Waals surface area contributed by atoms with Crippen molar-refractivity contribution in [2.24, 2.45) is 5.41 Å². The minimum atomic E-state index is -2.00. The molecule has 2 aromatic rings. The van der Waals surface area contributed by atoms with E-state index in [9.17, 15) is 9.59 Å². The molecular formula is C29H34O6Si2. The van der Waals surface area contributed by atoms with E-state index in [1.807, 2.05) is 47.1 Å². The molecule has 194 valence electrons. The summed E-state index contributed by atoms with van der Waals surface area (Å²) < 4.78 is 0. The van der Waals surface area contributed by atoms with Crippen molar-refractivity contribution in [2.75, 3.05) is 0 Å². The highest BCUT2D eigenvalue weighted by Gasteiger charge is 2.35. The summed E-state index contributed by atoms with van der Waals surface area (Å²) in [6, 6.07) is 13.9. The van der Waals surface area contributed by atoms with E-state index in [1.54, 1.807) is 38.1 Å². The van der Waals surface area contributed by atoms with E-state index in [0.29, 0.717) is 0 Å². The van der Waals surface area contributed by atoms with Crippen LogP contribution in [0.4, 0.5) is 0 Å². The molecule has 0 fully saturated rings. The maximum atomic E-state index is 12.5. The molecule has 0 spiro atoms. The van der Waals surface area contributed by atoms with Gasteiger partial charge in [0.05, 0.1) is 11.1 Å². The summed E-state index contributed by atoms with van der Waals surface area (Å²) in [5.41, 5.74) is 7.13. The second kappa shape index (κ2) is 12.3. The predicted molar refractivity (Wildman–Crippen MR) is 152 cm³/mol. The first-order chi connectivity index (χ1) is 17.3. The molecule has 0 saturated carbocycles. The number of hydrogen-bond acceptors (Lipinski definition) is 6. The molecule has 0 N–H and O–H groups in total. The van der Waals surface area contributed by atoms with Crippen molar-refractivity contribution < 1.29 is 29.1 Å². The van der Waals surface area contributed by atoms with Crippen LogP contribution in [0.3, 0.4) is 0 Å². The normalized spacial score (nSPS) is 11.9. The van der Waals surface area contributed by atoms with Gasteiger partial charge in [-0.25, -0.2) is 9.59 Å². The average Bonchev–Trinajstić information content (AvgIpc) is 2.91. The summed E-state index contributed by atoms with van der Waals surface area (Å²) in [7, 11) is -4.00. The van der Waals surface area contributed by atoms with Gasteiger partial charge in [0, 0.05) is 5.41 Å². The number of rotatable bonds is 13. The summed E-state index contributed by atoms with van der Waals surface area (Å²) in [6.45, 7) is 26.9. The van der Waals surface area contributed by atoms with Gasteiger partial charge in [0.15, 0.2) is 0 Å². The number of benzene rings is 2. The first-order valence-corrected chi connectivity index (χ1v) is 16.9. The third-order valence-corrected chi connectivity index (χ3v) is 12.7. The lowest BCUT2D eigenvalue weighted by Crippen LogP contribution is -2.40. The monoisotopic (exact) mass is 534 g/mol. The Bertz CT molecular complexity index is 1040. The molecule has 0 bridgehead atoms. The smallest absolute Gasteiger partial charge is 0.289 e. The molecule has 0 unspecified atom stereocenters. The van der Waals surface area contributed by atoms with E-state index in [4.69, 9.17) is 19.6 Å². The van der Waals surface area contributed by atoms with Crippen LogP contribution in [-0.2, 0) is 19.6 Å². The maximum absolute atomic E-state index is 12.5. The fraction of sp³-hybridized carbons (Fsp3) is 0.172. The second-order valence-electron chi connectivity index (χ2n) is 9.62. The minimum absolute atomic E-state index is 0.265. The lowest BCUT2D eigenvalue weighted by Gasteiger charge is -2.24. The molecule has 0 aromatic heterocycles. The highest BCUT2D eigenvalue weighted by atomic mass is 28.3. The molecule has 0 heterocycles. The largest absolute Gasteiger partial charge is 0.373 e. The molecule has 2 rings (SSSR count). The third-order valence-electron chi connectivity index (χ3n) is 6.12. The van der Waals surface area contributed by atoms with Crippen molar-refractivity contribution in [3.63, 3.8) is 0 Å². The van der Waals surface area contributed by atoms with E-state index in [0.717, 1.165) is 10.4 Å². The molecule has 2 radical (unpaired) electrons. The van der Waals surface area contributed by atoms with Gasteiger partial charge >= 0.3 is 18.2 Å². The van der Waals surface area contributed by atoms with E-state index >= 15 is 0 Å². The summed E-state index contributed by atoms with van der Waals surface area (Å²) in [5.74, 6) is -1.51. The quantitative estimate of drug-likeness (QED) is 0.195. The molecule has 2 aromatic carbocycles. The number of hydrogen-bond donors (Lipinski definition) is 0. The highest BCUT2D eigenvalue weighted by molar-refractivity contribution is 6.99. The standard InChI is InChI=1S/C29H34O6Si2/c1-10-36(8,11-2)24-18-14-22(15-19-24)26(30)32-34-28(29(5,6)7)35-33-27(31)23-16-20-25(21-17-23)37(9,12-3)13-4/h10-21H,1-5H2,6-9H3. The van der Waals surface area contributed by atoms with Gasteiger partial charge in [0.1, 0.15) is 16.1 Å². The van der Waals surface area contributed by atoms with Crippen molar-refractivity contribution in [1.29, 1.82) is 0 Å². The number of carbonyl (C=O) groups is 2. The van der Waals surface area contributed by atoms with Gasteiger partial charge in [-0.1, -0.05) is 84.4 Å². The van der Waals surface area contributed by atoms with Crippen LogP contribution in [0, 0.1) is 18.6 Å². The minimum Gasteiger partial charge on any atom is -0.289 e. The average molecular weight is 535 g/mol. The SMILES string of the molecule is [CH2]C(C)(C)[C](OOC(=O)c1ccc([Si](C)(C=C)C=C)cc1)OOC(=O)c1ccc([Si](C)(C=C)C=C)cc1. The van der Waals surface area contributed by atoms with Gasteiger partial charge < -0.3 is 0 Å². The Morgan fingerprint density at radius 3 is 1.19 bits per heavy atom. The molecule has 0 amide bonds. The Labute approximate surface area is 221 Å². The summed E-state index contributed by atoms with van der Waals surface area (Å²) >= 11 is 0. The second-order valence-corrected chi connectivity index (χ2v) is 17.5. The van der Waals surface area contributed by atoms with E-state index in [2.05, 4.69) is 46.3 Å². The summed E-state index contributed by atoms with van der Waals surface area (Å²) in [6.07, 6.45) is -0.306. The Balaban J connectivity index is 2.03. The predicted octanol–water partition coefficient (Wildman–Crippen LogP) is 5.39. The van der Waals surface area contributed by atoms with E-state index in [-0.39, 0.29) is 17.4 Å². The van der Waals surface area contributed by atoms with Gasteiger partial charge in [-0.15, -0.1) is 36.1 Å². The van der Waals surface area contributed by atoms with Crippen LogP contribution in [0.5, 0.6) is 0 Å². The van der Waals surface area contributed by atoms with Crippen LogP contribution >= 0.6 is 0 Å². The Kier molecular flexibility index (Phi) is 9.94. The van der Waals surface area contributed by atoms with Crippen LogP contribution in [-0.4, -0.2) is 28.1 Å². The van der Waals surface area contributed by atoms with Crippen molar-refractivity contribution in [1.82, 2.24) is 0 Å². The lowest BCUT2D eigenvalue weighted by atomic mass is 9.96. The van der Waals surface area contributed by atoms with E-state index in [1.165, 1.54) is 0 Å². The molecule has 8 heteroatoms. The van der Waals surface area contributed by atoms with Crippen LogP contribution in [0.2, 0.25) is 13.1 Å². The van der Waals surface area contributed by atoms with Crippen molar-refractivity contribution in [3.8, 4) is 0 Å². The molecule has 0 saturated heterocycles. The van der Waals surface area contributed by atoms with Crippen LogP contribution in [0.1, 0.15) is 34.6 Å². The first-order valence-electron chi connectivity index (χ1n) is 11.6. The summed E-state index contributed by atoms with van der Waals surface area (Å²) in [4.78, 5) is 45.1. The van der Waals surface area contributed by atoms with Gasteiger partial charge in [0.25, 0.3) is 0 Å². The van der Waals surface area contributed by atoms with Gasteiger partial charge in [-0.3, -0.25) is 9.78 Å². The zero-order chi connectivity index (χ0) is 27.9. The Morgan fingerprint density at radius 2 is 0.946 bits per heavy atom. The Hall–Kier alpha value is -3.31. The fourth-order valence-electron chi connectivity index (χ4n) is 3.06. The highest BCUT2D eigenvalue weighted by Crippen LogP contribution is 2.30. The third kappa shape index (κ3) is 7.36. The molecule has 37 heavy (non-hydrogen) atoms. The summed E-state index contributed by atoms with van der Waals surface area (Å²) in [5, 5.41) is 2.09. The van der Waals surface area contributed by atoms with Crippen molar-refractivity contribution in [3.05, 3.63) is 122 Å². The molecule has 6 nitrogen and oxygen atoms in total. The zero-order valence-electron chi connectivity index (χ0n) is 21.9. The molecule has 0 aliphatic heterocycles. The van der Waals surface area contributed by atoms with Crippen molar-refractivity contribution >= 4 is 38.5 Å². The van der Waals surface area contributed by atoms with Crippen LogP contribution < -0.4 is 10.4 Å². The van der Waals surface area contributed by atoms with Gasteiger partial charge in [0.2, 0.25) is 0 Å². The fourth-order valence-corrected chi connectivity index (χ4v) is 6.10. The number of carbonyl (C=O) groups excluding carboxylic acids is 2. The van der Waals surface area contributed by atoms with Crippen LogP contribution in [0.15, 0.2) is 97.6 Å². The first kappa shape index (κ1) is 29.9. The molecule has 0 aliphatic carbocycles. The van der Waals surface area contributed by atoms with Crippen LogP contribution in [0.25, 0.3) is 0 Å². The lowest BCUT2D eigenvalue weighted by molar-refractivity contribution is -0.378. The van der Waals surface area contributed by atoms with Gasteiger partial charge in [-0.2, -0.15) is 0 Å². The zero-order valence-corrected chi connectivity index (χ0v) is 23.9. The maximum Gasteiger partial charge on any atom is 0.373 e. The molecular weight excluding hydrogens is 500 g/mol. The molecule has 0 atom stereocenters. The Morgan fingerprint density at radius 1 is 0.649 bits per heavy atom. The molecule has 0 aliphatic rings. The van der Waals surface area contributed by atoms with Gasteiger partial charge in [-0.05, 0) is 31.2 Å². The topological polar surface area (TPSA) is 71.1 Å². The van der Waals surface area contributed by atoms with Crippen molar-refractivity contribution in [2.45, 2.75) is 26.9 Å². The van der Waals surface area contributed by atoms with E-state index < -0.39 is 33.5 Å².